The summed E-state index contributed by atoms with van der Waals surface area (Å²) < 4.78 is 5.57. The van der Waals surface area contributed by atoms with Crippen molar-refractivity contribution in [2.45, 2.75) is 0 Å². The number of ether oxygens (including phenoxy) is 1. The Bertz CT molecular complexity index is 736. The van der Waals surface area contributed by atoms with Crippen LogP contribution < -0.4 is 4.90 Å². The highest BCUT2D eigenvalue weighted by Gasteiger charge is 2.50. The second-order valence-corrected chi connectivity index (χ2v) is 7.82. The van der Waals surface area contributed by atoms with E-state index in [0.717, 1.165) is 45.1 Å². The Hall–Kier alpha value is -2.76. The van der Waals surface area contributed by atoms with Gasteiger partial charge in [-0.25, -0.2) is 4.98 Å². The minimum Gasteiger partial charge on any atom is -0.483 e. The standard InChI is InChI=1S/C18H26N4O3.2CH2O2/c1-20-4-6-21(7-5-20)17(24)14-2-3-19-16(8-14)22-9-15-10-25-13-18(15,11-22)12-23;2*2-1-3/h2-3,8,15,23H,4-7,9-13H2,1H3;2*1H,(H,2,3)/t15-,18-;;/m0../s1. The second-order valence-electron chi connectivity index (χ2n) is 7.82. The maximum absolute atomic E-state index is 12.8. The van der Waals surface area contributed by atoms with Crippen molar-refractivity contribution in [3.8, 4) is 0 Å². The van der Waals surface area contributed by atoms with E-state index in [1.165, 1.54) is 0 Å². The molecule has 2 atom stereocenters. The summed E-state index contributed by atoms with van der Waals surface area (Å²) in [6, 6.07) is 3.69. The number of rotatable bonds is 3. The SMILES string of the molecule is CN1CCN(C(=O)c2ccnc(N3C[C@H]4COC[C@@]4(CO)C3)c2)CC1.O=CO.O=CO. The molecule has 4 heterocycles. The van der Waals surface area contributed by atoms with Crippen molar-refractivity contribution in [3.63, 3.8) is 0 Å². The van der Waals surface area contributed by atoms with Crippen molar-refractivity contribution < 1.29 is 34.4 Å². The predicted octanol–water partition coefficient (Wildman–Crippen LogP) is -0.684. The quantitative estimate of drug-likeness (QED) is 0.519. The first-order valence-corrected chi connectivity index (χ1v) is 9.97. The van der Waals surface area contributed by atoms with Crippen LogP contribution >= 0.6 is 0 Å². The van der Waals surface area contributed by atoms with Gasteiger partial charge in [-0.2, -0.15) is 0 Å². The van der Waals surface area contributed by atoms with Gasteiger partial charge in [0.1, 0.15) is 5.82 Å². The van der Waals surface area contributed by atoms with Crippen LogP contribution in [-0.4, -0.2) is 115 Å². The van der Waals surface area contributed by atoms with E-state index in [9.17, 15) is 9.90 Å². The lowest BCUT2D eigenvalue weighted by molar-refractivity contribution is -0.123. The van der Waals surface area contributed by atoms with Gasteiger partial charge in [0.25, 0.3) is 18.9 Å². The van der Waals surface area contributed by atoms with Gasteiger partial charge in [0, 0.05) is 62.4 Å². The Kier molecular flexibility index (Phi) is 9.16. The summed E-state index contributed by atoms with van der Waals surface area (Å²) in [5.41, 5.74) is 0.514. The lowest BCUT2D eigenvalue weighted by atomic mass is 9.82. The van der Waals surface area contributed by atoms with E-state index in [1.54, 1.807) is 12.3 Å². The number of aromatic nitrogens is 1. The van der Waals surface area contributed by atoms with Gasteiger partial charge in [-0.1, -0.05) is 0 Å². The third-order valence-corrected chi connectivity index (χ3v) is 5.94. The topological polar surface area (TPSA) is 144 Å². The molecule has 3 aliphatic rings. The summed E-state index contributed by atoms with van der Waals surface area (Å²) in [5, 5.41) is 23.6. The number of carbonyl (C=O) groups is 3. The fraction of sp³-hybridized carbons (Fsp3) is 0.600. The van der Waals surface area contributed by atoms with Crippen LogP contribution in [0, 0.1) is 11.3 Å². The van der Waals surface area contributed by atoms with Crippen LogP contribution in [0.3, 0.4) is 0 Å². The van der Waals surface area contributed by atoms with Gasteiger partial charge in [0.15, 0.2) is 0 Å². The van der Waals surface area contributed by atoms with E-state index >= 15 is 0 Å². The molecule has 31 heavy (non-hydrogen) atoms. The largest absolute Gasteiger partial charge is 0.483 e. The molecule has 11 nitrogen and oxygen atoms in total. The normalized spacial score (nSPS) is 24.9. The molecule has 172 valence electrons. The number of hydrogen-bond donors (Lipinski definition) is 3. The zero-order chi connectivity index (χ0) is 22.9. The Labute approximate surface area is 180 Å². The number of amides is 1. The molecular formula is C20H30N4O7. The molecule has 0 saturated carbocycles. The molecule has 0 bridgehead atoms. The molecule has 11 heteroatoms. The Balaban J connectivity index is 0.000000513. The predicted molar refractivity (Wildman–Crippen MR) is 111 cm³/mol. The number of fused-ring (bicyclic) bond motifs is 1. The summed E-state index contributed by atoms with van der Waals surface area (Å²) in [5.74, 6) is 1.23. The van der Waals surface area contributed by atoms with E-state index in [0.29, 0.717) is 24.7 Å². The third-order valence-electron chi connectivity index (χ3n) is 5.94. The van der Waals surface area contributed by atoms with Crippen LogP contribution in [0.1, 0.15) is 10.4 Å². The average molecular weight is 438 g/mol. The first kappa shape index (κ1) is 24.5. The highest BCUT2D eigenvalue weighted by Crippen LogP contribution is 2.42. The van der Waals surface area contributed by atoms with Crippen molar-refractivity contribution in [3.05, 3.63) is 23.9 Å². The van der Waals surface area contributed by atoms with E-state index in [-0.39, 0.29) is 30.9 Å². The van der Waals surface area contributed by atoms with Gasteiger partial charge in [-0.15, -0.1) is 0 Å². The van der Waals surface area contributed by atoms with Crippen LogP contribution in [0.25, 0.3) is 0 Å². The van der Waals surface area contributed by atoms with Gasteiger partial charge in [0.2, 0.25) is 0 Å². The summed E-state index contributed by atoms with van der Waals surface area (Å²) >= 11 is 0. The van der Waals surface area contributed by atoms with Crippen LogP contribution in [-0.2, 0) is 14.3 Å². The molecule has 4 rings (SSSR count). The number of anilines is 1. The van der Waals surface area contributed by atoms with E-state index < -0.39 is 0 Å². The third kappa shape index (κ3) is 5.90. The first-order chi connectivity index (χ1) is 14.9. The minimum atomic E-state index is -0.250. The number of hydrogen-bond acceptors (Lipinski definition) is 8. The molecule has 1 amide bonds. The van der Waals surface area contributed by atoms with Crippen LogP contribution in [0.15, 0.2) is 18.3 Å². The fourth-order valence-corrected chi connectivity index (χ4v) is 4.15. The molecule has 3 saturated heterocycles. The summed E-state index contributed by atoms with van der Waals surface area (Å²) in [4.78, 5) is 40.3. The van der Waals surface area contributed by atoms with E-state index in [2.05, 4.69) is 21.8 Å². The molecule has 0 radical (unpaired) electrons. The molecule has 0 spiro atoms. The zero-order valence-corrected chi connectivity index (χ0v) is 17.6. The Morgan fingerprint density at radius 3 is 2.48 bits per heavy atom. The van der Waals surface area contributed by atoms with Gasteiger partial charge >= 0.3 is 0 Å². The Morgan fingerprint density at radius 2 is 1.90 bits per heavy atom. The molecule has 1 aromatic rings. The van der Waals surface area contributed by atoms with Crippen molar-refractivity contribution in [2.75, 3.05) is 71.0 Å². The van der Waals surface area contributed by atoms with E-state index in [1.807, 2.05) is 11.0 Å². The van der Waals surface area contributed by atoms with Gasteiger partial charge in [-0.3, -0.25) is 14.4 Å². The number of nitrogens with zero attached hydrogens (tertiary/aromatic N) is 4. The van der Waals surface area contributed by atoms with Crippen LogP contribution in [0.5, 0.6) is 0 Å². The maximum Gasteiger partial charge on any atom is 0.290 e. The number of aliphatic hydroxyl groups excluding tert-OH is 1. The van der Waals surface area contributed by atoms with Crippen molar-refractivity contribution in [2.24, 2.45) is 11.3 Å². The molecular weight excluding hydrogens is 408 g/mol. The number of piperazine rings is 1. The average Bonchev–Trinajstić information content (AvgIpc) is 3.33. The molecule has 3 N–H and O–H groups in total. The minimum absolute atomic E-state index is 0.0799. The number of pyridine rings is 1. The zero-order valence-electron chi connectivity index (χ0n) is 17.6. The Morgan fingerprint density at radius 1 is 1.26 bits per heavy atom. The molecule has 0 unspecified atom stereocenters. The lowest BCUT2D eigenvalue weighted by Crippen LogP contribution is -2.47. The lowest BCUT2D eigenvalue weighted by Gasteiger charge is -2.32. The van der Waals surface area contributed by atoms with Crippen molar-refractivity contribution >= 4 is 24.7 Å². The number of aliphatic hydroxyl groups is 1. The molecule has 1 aromatic heterocycles. The summed E-state index contributed by atoms with van der Waals surface area (Å²) in [6.45, 7) is 5.84. The van der Waals surface area contributed by atoms with Gasteiger partial charge in [-0.05, 0) is 19.2 Å². The number of carboxylic acid groups (broad SMARTS) is 2. The smallest absolute Gasteiger partial charge is 0.290 e. The van der Waals surface area contributed by atoms with Crippen LogP contribution in [0.4, 0.5) is 5.82 Å². The van der Waals surface area contributed by atoms with Crippen molar-refractivity contribution in [1.82, 2.24) is 14.8 Å². The van der Waals surface area contributed by atoms with E-state index in [4.69, 9.17) is 24.5 Å². The van der Waals surface area contributed by atoms with Crippen LogP contribution in [0.2, 0.25) is 0 Å². The number of carbonyl (C=O) groups excluding carboxylic acids is 1. The van der Waals surface area contributed by atoms with Gasteiger partial charge in [0.05, 0.1) is 19.8 Å². The fourth-order valence-electron chi connectivity index (χ4n) is 4.15. The summed E-state index contributed by atoms with van der Waals surface area (Å²) in [7, 11) is 2.08. The molecule has 0 aliphatic carbocycles. The second kappa shape index (κ2) is 11.6. The highest BCUT2D eigenvalue weighted by molar-refractivity contribution is 5.95. The molecule has 3 fully saturated rings. The summed E-state index contributed by atoms with van der Waals surface area (Å²) in [6.07, 6.45) is 1.72. The number of likely N-dealkylation sites (N-methyl/N-ethyl adjacent to an activating group) is 1. The highest BCUT2D eigenvalue weighted by atomic mass is 16.5. The molecule has 0 aromatic carbocycles. The molecule has 3 aliphatic heterocycles. The monoisotopic (exact) mass is 438 g/mol. The van der Waals surface area contributed by atoms with Crippen molar-refractivity contribution in [1.29, 1.82) is 0 Å². The van der Waals surface area contributed by atoms with Gasteiger partial charge < -0.3 is 34.8 Å². The first-order valence-electron chi connectivity index (χ1n) is 9.97. The maximum atomic E-state index is 12.8.